The number of rotatable bonds is 2. The molecule has 2 heteroatoms. The summed E-state index contributed by atoms with van der Waals surface area (Å²) in [4.78, 5) is 12.7. The Morgan fingerprint density at radius 1 is 0.871 bits per heavy atom. The number of hydrogen-bond donors (Lipinski definition) is 1. The van der Waals surface area contributed by atoms with Crippen LogP contribution in [0.1, 0.15) is 92.9 Å². The van der Waals surface area contributed by atoms with Crippen molar-refractivity contribution in [2.75, 3.05) is 0 Å². The van der Waals surface area contributed by atoms with Crippen molar-refractivity contribution in [1.82, 2.24) is 0 Å². The minimum atomic E-state index is -0.522. The quantitative estimate of drug-likeness (QED) is 0.466. The van der Waals surface area contributed by atoms with Crippen molar-refractivity contribution >= 4 is 5.97 Å². The van der Waals surface area contributed by atoms with E-state index in [0.717, 1.165) is 31.6 Å². The van der Waals surface area contributed by atoms with Crippen molar-refractivity contribution in [3.8, 4) is 0 Å². The van der Waals surface area contributed by atoms with Gasteiger partial charge >= 0.3 is 5.97 Å². The topological polar surface area (TPSA) is 37.3 Å². The molecule has 9 atom stereocenters. The molecule has 5 rings (SSSR count). The van der Waals surface area contributed by atoms with Crippen LogP contribution in [0.25, 0.3) is 0 Å². The zero-order valence-corrected chi connectivity index (χ0v) is 20.8. The first-order chi connectivity index (χ1) is 14.3. The molecule has 4 fully saturated rings. The Morgan fingerprint density at radius 3 is 2.23 bits per heavy atom. The van der Waals surface area contributed by atoms with Crippen LogP contribution in [0.15, 0.2) is 24.3 Å². The van der Waals surface area contributed by atoms with Gasteiger partial charge in [-0.2, -0.15) is 0 Å². The van der Waals surface area contributed by atoms with Crippen molar-refractivity contribution < 1.29 is 9.90 Å². The van der Waals surface area contributed by atoms with Gasteiger partial charge in [-0.15, -0.1) is 0 Å². The van der Waals surface area contributed by atoms with Gasteiger partial charge in [-0.3, -0.25) is 4.79 Å². The van der Waals surface area contributed by atoms with E-state index in [2.05, 4.69) is 60.3 Å². The fourth-order valence-corrected chi connectivity index (χ4v) is 10.7. The molecule has 0 aromatic carbocycles. The van der Waals surface area contributed by atoms with Gasteiger partial charge in [0.2, 0.25) is 0 Å². The van der Waals surface area contributed by atoms with Gasteiger partial charge in [-0.1, -0.05) is 58.9 Å². The van der Waals surface area contributed by atoms with Gasteiger partial charge < -0.3 is 5.11 Å². The highest BCUT2D eigenvalue weighted by atomic mass is 16.4. The van der Waals surface area contributed by atoms with Crippen molar-refractivity contribution in [1.29, 1.82) is 0 Å². The summed E-state index contributed by atoms with van der Waals surface area (Å²) < 4.78 is 0. The number of aliphatic carboxylic acids is 1. The largest absolute Gasteiger partial charge is 0.481 e. The van der Waals surface area contributed by atoms with E-state index in [1.54, 1.807) is 0 Å². The van der Waals surface area contributed by atoms with E-state index in [0.29, 0.717) is 28.6 Å². The smallest absolute Gasteiger partial charge is 0.309 e. The number of carbonyl (C=O) groups is 1. The third kappa shape index (κ3) is 2.43. The molecule has 0 aromatic heterocycles. The molecule has 0 heterocycles. The van der Waals surface area contributed by atoms with Gasteiger partial charge in [0.1, 0.15) is 0 Å². The van der Waals surface area contributed by atoms with E-state index in [1.165, 1.54) is 31.3 Å². The van der Waals surface area contributed by atoms with E-state index in [4.69, 9.17) is 0 Å². The molecule has 1 unspecified atom stereocenters. The van der Waals surface area contributed by atoms with Crippen LogP contribution >= 0.6 is 0 Å². The van der Waals surface area contributed by atoms with Gasteiger partial charge in [0.05, 0.1) is 5.41 Å². The summed E-state index contributed by atoms with van der Waals surface area (Å²) in [5, 5.41) is 10.5. The molecule has 0 spiro atoms. The summed E-state index contributed by atoms with van der Waals surface area (Å²) >= 11 is 0. The second kappa shape index (κ2) is 6.29. The van der Waals surface area contributed by atoms with Crippen LogP contribution in [0.5, 0.6) is 0 Å². The Labute approximate surface area is 190 Å². The molecule has 0 aromatic rings. The van der Waals surface area contributed by atoms with E-state index in [1.807, 2.05) is 0 Å². The van der Waals surface area contributed by atoms with Crippen LogP contribution in [0.2, 0.25) is 0 Å². The summed E-state index contributed by atoms with van der Waals surface area (Å²) in [7, 11) is 0. The Balaban J connectivity index is 1.58. The Hall–Kier alpha value is -1.05. The minimum absolute atomic E-state index is 0.228. The molecule has 0 saturated heterocycles. The lowest BCUT2D eigenvalue weighted by molar-refractivity contribution is -0.216. The van der Waals surface area contributed by atoms with Gasteiger partial charge in [0.15, 0.2) is 0 Å². The fraction of sp³-hybridized carbons (Fsp3) is 0.828. The van der Waals surface area contributed by atoms with Gasteiger partial charge in [0, 0.05) is 0 Å². The molecule has 31 heavy (non-hydrogen) atoms. The van der Waals surface area contributed by atoms with Crippen LogP contribution in [0, 0.1) is 56.7 Å². The van der Waals surface area contributed by atoms with Gasteiger partial charge in [0.25, 0.3) is 0 Å². The maximum atomic E-state index is 12.7. The third-order valence-corrected chi connectivity index (χ3v) is 12.4. The monoisotopic (exact) mass is 424 g/mol. The van der Waals surface area contributed by atoms with Crippen LogP contribution < -0.4 is 0 Å². The van der Waals surface area contributed by atoms with Crippen molar-refractivity contribution in [2.24, 2.45) is 56.7 Å². The first kappa shape index (κ1) is 21.8. The van der Waals surface area contributed by atoms with E-state index in [-0.39, 0.29) is 16.7 Å². The molecule has 2 nitrogen and oxygen atoms in total. The SMILES string of the molecule is C=C(C)[C@@H]1CC[C@]2(C(=O)O)CC[C@]3(C)[C@H](CC[C@@H]4[C@@]5(C)C=CC(C)(C)C5CC[C@]43C)[C@@H]12. The molecular formula is C29H44O2. The molecular weight excluding hydrogens is 380 g/mol. The number of carboxylic acid groups (broad SMARTS) is 1. The zero-order chi connectivity index (χ0) is 22.6. The summed E-state index contributed by atoms with van der Waals surface area (Å²) in [5.74, 6) is 2.11. The Bertz CT molecular complexity index is 853. The Kier molecular flexibility index (Phi) is 4.42. The molecule has 0 amide bonds. The first-order valence-corrected chi connectivity index (χ1v) is 12.9. The van der Waals surface area contributed by atoms with Crippen molar-refractivity contribution in [2.45, 2.75) is 92.9 Å². The highest BCUT2D eigenvalue weighted by molar-refractivity contribution is 5.76. The number of allylic oxidation sites excluding steroid dienone is 3. The number of hydrogen-bond acceptors (Lipinski definition) is 1. The maximum absolute atomic E-state index is 12.7. The highest BCUT2D eigenvalue weighted by Crippen LogP contribution is 2.77. The van der Waals surface area contributed by atoms with E-state index < -0.39 is 11.4 Å². The maximum Gasteiger partial charge on any atom is 0.309 e. The first-order valence-electron chi connectivity index (χ1n) is 12.9. The molecule has 5 aliphatic rings. The average Bonchev–Trinajstić information content (AvgIpc) is 3.19. The molecule has 0 aliphatic heterocycles. The lowest BCUT2D eigenvalue weighted by Crippen LogP contribution is -2.64. The zero-order valence-electron chi connectivity index (χ0n) is 20.8. The van der Waals surface area contributed by atoms with Crippen LogP contribution in [-0.4, -0.2) is 11.1 Å². The predicted molar refractivity (Wildman–Crippen MR) is 127 cm³/mol. The third-order valence-electron chi connectivity index (χ3n) is 12.4. The summed E-state index contributed by atoms with van der Waals surface area (Å²) in [6, 6.07) is 0. The normalized spacial score (nSPS) is 54.5. The van der Waals surface area contributed by atoms with Crippen molar-refractivity contribution in [3.63, 3.8) is 0 Å². The van der Waals surface area contributed by atoms with Crippen molar-refractivity contribution in [3.05, 3.63) is 24.3 Å². The highest BCUT2D eigenvalue weighted by Gasteiger charge is 2.71. The standard InChI is InChI=1S/C29H44O2/c1-18(2)19-10-13-29(24(30)31)17-16-27(6)20(23(19)29)8-9-22-26(5)15-14-25(3,4)21(26)11-12-28(22,27)7/h14-15,19-23H,1,8-13,16-17H2,2-7H3,(H,30,31)/t19-,20+,21?,22+,23+,26-,27+,28+,29-/m0/s1. The molecule has 1 N–H and O–H groups in total. The lowest BCUT2D eigenvalue weighted by Gasteiger charge is -2.70. The second-order valence-electron chi connectivity index (χ2n) is 13.7. The van der Waals surface area contributed by atoms with Gasteiger partial charge in [-0.05, 0) is 110 Å². The fourth-order valence-electron chi connectivity index (χ4n) is 10.7. The molecule has 4 saturated carbocycles. The molecule has 5 aliphatic carbocycles. The predicted octanol–water partition coefficient (Wildman–Crippen LogP) is 7.50. The van der Waals surface area contributed by atoms with Crippen LogP contribution in [0.4, 0.5) is 0 Å². The van der Waals surface area contributed by atoms with Crippen LogP contribution in [0.3, 0.4) is 0 Å². The van der Waals surface area contributed by atoms with E-state index in [9.17, 15) is 9.90 Å². The van der Waals surface area contributed by atoms with Gasteiger partial charge in [-0.25, -0.2) is 0 Å². The minimum Gasteiger partial charge on any atom is -0.481 e. The lowest BCUT2D eigenvalue weighted by atomic mass is 9.34. The average molecular weight is 425 g/mol. The summed E-state index contributed by atoms with van der Waals surface area (Å²) in [5.41, 5.74) is 1.82. The molecule has 0 radical (unpaired) electrons. The number of fused-ring (bicyclic) bond motifs is 7. The van der Waals surface area contributed by atoms with Crippen LogP contribution in [-0.2, 0) is 4.79 Å². The second-order valence-corrected chi connectivity index (χ2v) is 13.7. The molecule has 172 valence electrons. The Morgan fingerprint density at radius 2 is 1.58 bits per heavy atom. The number of carboxylic acids is 1. The summed E-state index contributed by atoms with van der Waals surface area (Å²) in [6.45, 7) is 19.1. The summed E-state index contributed by atoms with van der Waals surface area (Å²) in [6.07, 6.45) is 14.0. The van der Waals surface area contributed by atoms with E-state index >= 15 is 0 Å². The molecule has 0 bridgehead atoms.